The van der Waals surface area contributed by atoms with Crippen molar-refractivity contribution in [3.63, 3.8) is 0 Å². The highest BCUT2D eigenvalue weighted by molar-refractivity contribution is 4.61. The van der Waals surface area contributed by atoms with Gasteiger partial charge in [-0.2, -0.15) is 0 Å². The average molecular weight is 387 g/mol. The van der Waals surface area contributed by atoms with Gasteiger partial charge in [0.1, 0.15) is 0 Å². The topological polar surface area (TPSA) is 111 Å². The maximum atomic E-state index is 5.64. The molecule has 27 heavy (non-hydrogen) atoms. The predicted octanol–water partition coefficient (Wildman–Crippen LogP) is 1.72. The number of unbranched alkanes of at least 4 members (excludes halogenated alkanes) is 6. The molecule has 0 aromatic heterocycles. The van der Waals surface area contributed by atoms with Crippen LogP contribution in [0.5, 0.6) is 0 Å². The van der Waals surface area contributed by atoms with Crippen molar-refractivity contribution >= 4 is 0 Å². The van der Waals surface area contributed by atoms with Crippen LogP contribution in [0.4, 0.5) is 0 Å². The van der Waals surface area contributed by atoms with Gasteiger partial charge in [-0.1, -0.05) is 32.1 Å². The Balaban J connectivity index is 3.59. The minimum Gasteiger partial charge on any atom is -0.330 e. The average Bonchev–Trinajstić information content (AvgIpc) is 2.69. The lowest BCUT2D eigenvalue weighted by Crippen LogP contribution is -2.29. The molecule has 0 aromatic carbocycles. The molecule has 164 valence electrons. The van der Waals surface area contributed by atoms with Crippen molar-refractivity contribution < 1.29 is 0 Å². The number of nitrogens with zero attached hydrogens (tertiary/aromatic N) is 2. The first-order valence-electron chi connectivity index (χ1n) is 11.5. The molecule has 0 aromatic rings. The summed E-state index contributed by atoms with van der Waals surface area (Å²) in [6.07, 6.45) is 13.8. The molecule has 8 N–H and O–H groups in total. The van der Waals surface area contributed by atoms with Gasteiger partial charge in [-0.15, -0.1) is 0 Å². The SMILES string of the molecule is NCCCN(CCCN)CCCCCCCCCN(CCCN)CCCN. The summed E-state index contributed by atoms with van der Waals surface area (Å²) in [5.41, 5.74) is 22.6. The first-order chi connectivity index (χ1) is 13.3. The Hall–Kier alpha value is -0.240. The standard InChI is InChI=1S/C21H50N6/c22-12-8-18-26(19-9-13-23)16-6-4-2-1-3-5-7-17-27(20-10-14-24)21-11-15-25/h1-25H2. The van der Waals surface area contributed by atoms with Crippen LogP contribution in [0.25, 0.3) is 0 Å². The van der Waals surface area contributed by atoms with E-state index in [2.05, 4.69) is 9.80 Å². The zero-order valence-electron chi connectivity index (χ0n) is 18.1. The Labute approximate surface area is 169 Å². The minimum absolute atomic E-state index is 0.787. The molecule has 6 heteroatoms. The molecular weight excluding hydrogens is 336 g/mol. The van der Waals surface area contributed by atoms with Gasteiger partial charge in [-0.25, -0.2) is 0 Å². The van der Waals surface area contributed by atoms with E-state index in [1.807, 2.05) is 0 Å². The molecule has 0 bridgehead atoms. The summed E-state index contributed by atoms with van der Waals surface area (Å²) < 4.78 is 0. The molecule has 6 nitrogen and oxygen atoms in total. The van der Waals surface area contributed by atoms with Crippen LogP contribution >= 0.6 is 0 Å². The fourth-order valence-electron chi connectivity index (χ4n) is 3.49. The Morgan fingerprint density at radius 3 is 0.778 bits per heavy atom. The highest BCUT2D eigenvalue weighted by atomic mass is 15.1. The van der Waals surface area contributed by atoms with Crippen molar-refractivity contribution in [2.24, 2.45) is 22.9 Å². The van der Waals surface area contributed by atoms with Gasteiger partial charge in [0.15, 0.2) is 0 Å². The number of rotatable bonds is 22. The summed E-state index contributed by atoms with van der Waals surface area (Å²) in [7, 11) is 0. The van der Waals surface area contributed by atoms with Crippen LogP contribution < -0.4 is 22.9 Å². The predicted molar refractivity (Wildman–Crippen MR) is 120 cm³/mol. The van der Waals surface area contributed by atoms with Crippen molar-refractivity contribution in [3.8, 4) is 0 Å². The molecule has 0 saturated carbocycles. The fraction of sp³-hybridized carbons (Fsp3) is 1.00. The van der Waals surface area contributed by atoms with Crippen LogP contribution in [0.1, 0.15) is 70.6 Å². The molecule has 0 spiro atoms. The van der Waals surface area contributed by atoms with Gasteiger partial charge in [-0.3, -0.25) is 0 Å². The second kappa shape index (κ2) is 22.1. The van der Waals surface area contributed by atoms with E-state index in [1.54, 1.807) is 0 Å². The third-order valence-electron chi connectivity index (χ3n) is 5.16. The van der Waals surface area contributed by atoms with Gasteiger partial charge < -0.3 is 32.7 Å². The second-order valence-electron chi connectivity index (χ2n) is 7.73. The Bertz CT molecular complexity index is 235. The number of nitrogens with two attached hydrogens (primary N) is 4. The Morgan fingerprint density at radius 1 is 0.296 bits per heavy atom. The molecule has 0 atom stereocenters. The number of hydrogen-bond acceptors (Lipinski definition) is 6. The van der Waals surface area contributed by atoms with Gasteiger partial charge in [0.05, 0.1) is 0 Å². The molecule has 0 aliphatic rings. The van der Waals surface area contributed by atoms with Crippen molar-refractivity contribution in [1.29, 1.82) is 0 Å². The van der Waals surface area contributed by atoms with E-state index >= 15 is 0 Å². The highest BCUT2D eigenvalue weighted by Crippen LogP contribution is 2.09. The van der Waals surface area contributed by atoms with Gasteiger partial charge >= 0.3 is 0 Å². The lowest BCUT2D eigenvalue weighted by Gasteiger charge is -2.22. The van der Waals surface area contributed by atoms with E-state index in [0.29, 0.717) is 0 Å². The number of hydrogen-bond donors (Lipinski definition) is 4. The maximum absolute atomic E-state index is 5.64. The van der Waals surface area contributed by atoms with Crippen LogP contribution in [0.15, 0.2) is 0 Å². The van der Waals surface area contributed by atoms with E-state index in [4.69, 9.17) is 22.9 Å². The quantitative estimate of drug-likeness (QED) is 0.211. The van der Waals surface area contributed by atoms with Crippen molar-refractivity contribution in [2.75, 3.05) is 65.4 Å². The molecule has 0 aliphatic carbocycles. The van der Waals surface area contributed by atoms with Crippen LogP contribution in [-0.2, 0) is 0 Å². The van der Waals surface area contributed by atoms with E-state index in [9.17, 15) is 0 Å². The van der Waals surface area contributed by atoms with Crippen molar-refractivity contribution in [3.05, 3.63) is 0 Å². The molecule has 0 heterocycles. The van der Waals surface area contributed by atoms with Crippen LogP contribution in [0, 0.1) is 0 Å². The van der Waals surface area contributed by atoms with E-state index in [0.717, 1.165) is 78.0 Å². The fourth-order valence-corrected chi connectivity index (χ4v) is 3.49. The minimum atomic E-state index is 0.787. The second-order valence-corrected chi connectivity index (χ2v) is 7.73. The monoisotopic (exact) mass is 386 g/mol. The summed E-state index contributed by atoms with van der Waals surface area (Å²) in [4.78, 5) is 5.08. The van der Waals surface area contributed by atoms with Gasteiger partial charge in [0.2, 0.25) is 0 Å². The zero-order valence-corrected chi connectivity index (χ0v) is 18.1. The molecule has 0 unspecified atom stereocenters. The van der Waals surface area contributed by atoms with E-state index in [1.165, 1.54) is 58.0 Å². The molecule has 0 aliphatic heterocycles. The molecule has 0 amide bonds. The summed E-state index contributed by atoms with van der Waals surface area (Å²) >= 11 is 0. The van der Waals surface area contributed by atoms with Crippen LogP contribution in [0.3, 0.4) is 0 Å². The molecule has 0 rings (SSSR count). The highest BCUT2D eigenvalue weighted by Gasteiger charge is 2.05. The van der Waals surface area contributed by atoms with Gasteiger partial charge in [0.25, 0.3) is 0 Å². The molecular formula is C21H50N6. The van der Waals surface area contributed by atoms with E-state index in [-0.39, 0.29) is 0 Å². The summed E-state index contributed by atoms with van der Waals surface area (Å²) in [5.74, 6) is 0. The molecule has 0 radical (unpaired) electrons. The van der Waals surface area contributed by atoms with Gasteiger partial charge in [0, 0.05) is 0 Å². The van der Waals surface area contributed by atoms with Crippen molar-refractivity contribution in [1.82, 2.24) is 9.80 Å². The third-order valence-corrected chi connectivity index (χ3v) is 5.16. The summed E-state index contributed by atoms with van der Waals surface area (Å²) in [6, 6.07) is 0. The smallest absolute Gasteiger partial charge is 0.000671 e. The third kappa shape index (κ3) is 18.9. The van der Waals surface area contributed by atoms with Crippen molar-refractivity contribution in [2.45, 2.75) is 70.6 Å². The first kappa shape index (κ1) is 26.8. The first-order valence-corrected chi connectivity index (χ1v) is 11.5. The normalized spacial score (nSPS) is 11.8. The Kier molecular flexibility index (Phi) is 21.9. The van der Waals surface area contributed by atoms with E-state index < -0.39 is 0 Å². The maximum Gasteiger partial charge on any atom is -0.000671 e. The van der Waals surface area contributed by atoms with Crippen LogP contribution in [0.2, 0.25) is 0 Å². The lowest BCUT2D eigenvalue weighted by atomic mass is 10.1. The largest absolute Gasteiger partial charge is 0.330 e. The summed E-state index contributed by atoms with van der Waals surface area (Å²) in [6.45, 7) is 10.1. The molecule has 0 saturated heterocycles. The molecule has 0 fully saturated rings. The zero-order chi connectivity index (χ0) is 20.0. The Morgan fingerprint density at radius 2 is 0.519 bits per heavy atom. The van der Waals surface area contributed by atoms with Crippen LogP contribution in [-0.4, -0.2) is 75.2 Å². The van der Waals surface area contributed by atoms with Gasteiger partial charge in [-0.05, 0) is 104 Å². The lowest BCUT2D eigenvalue weighted by molar-refractivity contribution is 0.261. The summed E-state index contributed by atoms with van der Waals surface area (Å²) in [5, 5.41) is 0.